The lowest BCUT2D eigenvalue weighted by atomic mass is 9.98. The number of aromatic nitrogens is 3. The Morgan fingerprint density at radius 2 is 0.867 bits per heavy atom. The number of fused-ring (bicyclic) bond motifs is 11. The zero-order valence-electron chi connectivity index (χ0n) is 32.1. The molecule has 0 saturated carbocycles. The first kappa shape index (κ1) is 32.9. The molecule has 0 saturated heterocycles. The van der Waals surface area contributed by atoms with Gasteiger partial charge in [0.15, 0.2) is 17.5 Å². The third-order valence-corrected chi connectivity index (χ3v) is 12.1. The number of benzene rings is 10. The van der Waals surface area contributed by atoms with Crippen LogP contribution in [0.1, 0.15) is 0 Å². The minimum absolute atomic E-state index is 0.574. The van der Waals surface area contributed by atoms with Gasteiger partial charge in [-0.15, -0.1) is 0 Å². The van der Waals surface area contributed by atoms with E-state index in [1.54, 1.807) is 0 Å². The van der Waals surface area contributed by atoms with Crippen molar-refractivity contribution >= 4 is 87.0 Å². The Kier molecular flexibility index (Phi) is 6.95. The Morgan fingerprint density at radius 1 is 0.283 bits per heavy atom. The number of hydrogen-bond donors (Lipinski definition) is 0. The van der Waals surface area contributed by atoms with Gasteiger partial charge in [0.25, 0.3) is 0 Å². The maximum absolute atomic E-state index is 6.76. The Labute approximate surface area is 342 Å². The van der Waals surface area contributed by atoms with E-state index in [-0.39, 0.29) is 0 Å². The Bertz CT molecular complexity index is 3910. The first-order chi connectivity index (χ1) is 29.7. The molecule has 5 nitrogen and oxygen atoms in total. The molecule has 13 aromatic rings. The molecule has 0 aliphatic rings. The van der Waals surface area contributed by atoms with Crippen molar-refractivity contribution in [1.29, 1.82) is 0 Å². The highest BCUT2D eigenvalue weighted by molar-refractivity contribution is 6.16. The monoisotopic (exact) mass is 765 g/mol. The molecule has 0 amide bonds. The molecule has 0 unspecified atom stereocenters. The van der Waals surface area contributed by atoms with Gasteiger partial charge < -0.3 is 8.83 Å². The third-order valence-electron chi connectivity index (χ3n) is 12.1. The van der Waals surface area contributed by atoms with Gasteiger partial charge in [0.1, 0.15) is 22.3 Å². The number of para-hydroxylation sites is 2. The molecule has 0 spiro atoms. The summed E-state index contributed by atoms with van der Waals surface area (Å²) in [6.45, 7) is 0. The average molecular weight is 766 g/mol. The maximum Gasteiger partial charge on any atom is 0.164 e. The summed E-state index contributed by atoms with van der Waals surface area (Å²) in [5.41, 5.74) is 8.15. The first-order valence-corrected chi connectivity index (χ1v) is 20.2. The lowest BCUT2D eigenvalue weighted by molar-refractivity contribution is 0.669. The normalized spacial score (nSPS) is 12.0. The topological polar surface area (TPSA) is 65.0 Å². The van der Waals surface area contributed by atoms with Crippen LogP contribution in [0.2, 0.25) is 0 Å². The second-order valence-corrected chi connectivity index (χ2v) is 15.6. The van der Waals surface area contributed by atoms with Crippen molar-refractivity contribution in [2.75, 3.05) is 0 Å². The second kappa shape index (κ2) is 12.7. The molecule has 0 fully saturated rings. The van der Waals surface area contributed by atoms with Crippen LogP contribution < -0.4 is 0 Å². The average Bonchev–Trinajstić information content (AvgIpc) is 3.88. The second-order valence-electron chi connectivity index (χ2n) is 15.6. The summed E-state index contributed by atoms with van der Waals surface area (Å²) >= 11 is 0. The predicted octanol–water partition coefficient (Wildman–Crippen LogP) is 15.0. The van der Waals surface area contributed by atoms with Crippen LogP contribution in [0.15, 0.2) is 197 Å². The maximum atomic E-state index is 6.76. The van der Waals surface area contributed by atoms with Gasteiger partial charge >= 0.3 is 0 Å². The molecule has 3 aromatic heterocycles. The largest absolute Gasteiger partial charge is 0.456 e. The fourth-order valence-electron chi connectivity index (χ4n) is 9.12. The molecule has 5 heteroatoms. The van der Waals surface area contributed by atoms with Crippen molar-refractivity contribution in [2.45, 2.75) is 0 Å². The Hall–Kier alpha value is -8.15. The van der Waals surface area contributed by atoms with Crippen LogP contribution in [0, 0.1) is 0 Å². The van der Waals surface area contributed by atoms with Gasteiger partial charge in [-0.25, -0.2) is 15.0 Å². The van der Waals surface area contributed by atoms with Crippen molar-refractivity contribution in [3.63, 3.8) is 0 Å². The van der Waals surface area contributed by atoms with Crippen molar-refractivity contribution in [1.82, 2.24) is 15.0 Å². The van der Waals surface area contributed by atoms with Crippen LogP contribution in [0.3, 0.4) is 0 Å². The summed E-state index contributed by atoms with van der Waals surface area (Å²) in [5.74, 6) is 1.76. The van der Waals surface area contributed by atoms with E-state index in [1.807, 2.05) is 24.3 Å². The number of furan rings is 2. The first-order valence-electron chi connectivity index (χ1n) is 20.2. The highest BCUT2D eigenvalue weighted by Gasteiger charge is 2.20. The summed E-state index contributed by atoms with van der Waals surface area (Å²) in [4.78, 5) is 15.8. The molecule has 0 atom stereocenters. The van der Waals surface area contributed by atoms with Gasteiger partial charge in [0.05, 0.1) is 0 Å². The van der Waals surface area contributed by atoms with Crippen LogP contribution >= 0.6 is 0 Å². The van der Waals surface area contributed by atoms with Crippen LogP contribution in [0.5, 0.6) is 0 Å². The van der Waals surface area contributed by atoms with Crippen molar-refractivity contribution < 1.29 is 8.83 Å². The van der Waals surface area contributed by atoms with Gasteiger partial charge in [-0.3, -0.25) is 0 Å². The van der Waals surface area contributed by atoms with Gasteiger partial charge in [-0.05, 0) is 91.1 Å². The molecule has 0 aliphatic heterocycles. The van der Waals surface area contributed by atoms with E-state index in [1.165, 1.54) is 21.5 Å². The van der Waals surface area contributed by atoms with E-state index in [0.29, 0.717) is 17.5 Å². The fraction of sp³-hybridized carbons (Fsp3) is 0. The molecule has 10 aromatic carbocycles. The molecule has 0 bridgehead atoms. The molecular formula is C55H31N3O2. The summed E-state index contributed by atoms with van der Waals surface area (Å²) in [5, 5.41) is 13.4. The quantitative estimate of drug-likeness (QED) is 0.167. The van der Waals surface area contributed by atoms with E-state index < -0.39 is 0 Å². The molecule has 13 rings (SSSR count). The lowest BCUT2D eigenvalue weighted by Crippen LogP contribution is -2.00. The highest BCUT2D eigenvalue weighted by Crippen LogP contribution is 2.41. The summed E-state index contributed by atoms with van der Waals surface area (Å²) in [7, 11) is 0. The standard InChI is InChI=1S/C55H31N3O2/c1-2-11-35-27-37(24-19-32(35)9-1)42-14-7-15-44-51-45(16-8-18-49(51)60-52(42)44)55-57-53(38-26-23-36-29-47-43-13-5-6-17-48(43)59-50(47)31-40(36)28-38)56-54(58-55)39-25-22-34-21-20-33-10-3-4-12-41(33)46(34)30-39/h1-31H. The van der Waals surface area contributed by atoms with Crippen molar-refractivity contribution in [2.24, 2.45) is 0 Å². The van der Waals surface area contributed by atoms with Crippen LogP contribution in [-0.2, 0) is 0 Å². The van der Waals surface area contributed by atoms with Crippen molar-refractivity contribution in [3.8, 4) is 45.3 Å². The molecular weight excluding hydrogens is 735 g/mol. The number of rotatable bonds is 4. The SMILES string of the molecule is c1ccc2cc(-c3cccc4c3oc3cccc(-c5nc(-c6ccc7cc8c(cc7c6)oc6ccccc68)nc(-c6ccc7ccc8ccccc8c7c6)n5)c34)ccc2c1. The molecule has 278 valence electrons. The molecule has 0 radical (unpaired) electrons. The highest BCUT2D eigenvalue weighted by atomic mass is 16.3. The van der Waals surface area contributed by atoms with Gasteiger partial charge in [0.2, 0.25) is 0 Å². The number of nitrogens with zero attached hydrogens (tertiary/aromatic N) is 3. The lowest BCUT2D eigenvalue weighted by Gasteiger charge is -2.11. The minimum Gasteiger partial charge on any atom is -0.456 e. The summed E-state index contributed by atoms with van der Waals surface area (Å²) in [6, 6.07) is 65.8. The molecule has 0 N–H and O–H groups in total. The predicted molar refractivity (Wildman–Crippen MR) is 246 cm³/mol. The van der Waals surface area contributed by atoms with Gasteiger partial charge in [-0.1, -0.05) is 146 Å². The number of hydrogen-bond acceptors (Lipinski definition) is 5. The molecule has 0 aliphatic carbocycles. The van der Waals surface area contributed by atoms with E-state index >= 15 is 0 Å². The van der Waals surface area contributed by atoms with E-state index in [9.17, 15) is 0 Å². The van der Waals surface area contributed by atoms with E-state index in [0.717, 1.165) is 93.2 Å². The molecule has 60 heavy (non-hydrogen) atoms. The third kappa shape index (κ3) is 5.09. The summed E-state index contributed by atoms with van der Waals surface area (Å²) < 4.78 is 13.1. The summed E-state index contributed by atoms with van der Waals surface area (Å²) in [6.07, 6.45) is 0. The Balaban J connectivity index is 1.03. The van der Waals surface area contributed by atoms with Crippen LogP contribution in [-0.4, -0.2) is 15.0 Å². The minimum atomic E-state index is 0.574. The van der Waals surface area contributed by atoms with E-state index in [4.69, 9.17) is 23.8 Å². The van der Waals surface area contributed by atoms with E-state index in [2.05, 4.69) is 164 Å². The smallest absolute Gasteiger partial charge is 0.164 e. The fourth-order valence-corrected chi connectivity index (χ4v) is 9.12. The molecule has 3 heterocycles. The van der Waals surface area contributed by atoms with Crippen LogP contribution in [0.25, 0.3) is 132 Å². The Morgan fingerprint density at radius 3 is 1.75 bits per heavy atom. The van der Waals surface area contributed by atoms with Gasteiger partial charge in [0, 0.05) is 43.8 Å². The van der Waals surface area contributed by atoms with Crippen LogP contribution in [0.4, 0.5) is 0 Å². The van der Waals surface area contributed by atoms with Crippen molar-refractivity contribution in [3.05, 3.63) is 188 Å². The van der Waals surface area contributed by atoms with Gasteiger partial charge in [-0.2, -0.15) is 0 Å². The zero-order chi connectivity index (χ0) is 39.3. The zero-order valence-corrected chi connectivity index (χ0v) is 32.1.